The van der Waals surface area contributed by atoms with Crippen molar-refractivity contribution in [3.05, 3.63) is 35.7 Å². The minimum Gasteiger partial charge on any atom is -0.359 e. The number of hydrogen-bond acceptors (Lipinski definition) is 2. The van der Waals surface area contributed by atoms with Crippen molar-refractivity contribution in [1.82, 2.24) is 15.3 Å². The lowest BCUT2D eigenvalue weighted by atomic mass is 10.0. The van der Waals surface area contributed by atoms with Crippen molar-refractivity contribution >= 4 is 16.6 Å². The number of aromatic amines is 1. The van der Waals surface area contributed by atoms with Gasteiger partial charge in [-0.3, -0.25) is 4.98 Å². The van der Waals surface area contributed by atoms with E-state index in [0.717, 1.165) is 36.2 Å². The Hall–Kier alpha value is -1.61. The maximum Gasteiger partial charge on any atom is 0.0957 e. The average Bonchev–Trinajstić information content (AvgIpc) is 2.73. The number of nitrogens with zero attached hydrogens (tertiary/aromatic N) is 1. The second-order valence-electron chi connectivity index (χ2n) is 4.23. The molecular formula is C13H15N3. The van der Waals surface area contributed by atoms with Crippen LogP contribution >= 0.6 is 0 Å². The lowest BCUT2D eigenvalue weighted by Crippen LogP contribution is -2.19. The number of H-pyrrole nitrogens is 1. The fourth-order valence-electron chi connectivity index (χ4n) is 2.21. The van der Waals surface area contributed by atoms with E-state index in [9.17, 15) is 0 Å². The van der Waals surface area contributed by atoms with Gasteiger partial charge in [-0.2, -0.15) is 0 Å². The van der Waals surface area contributed by atoms with Crippen LogP contribution in [0.1, 0.15) is 17.7 Å². The second kappa shape index (κ2) is 3.76. The van der Waals surface area contributed by atoms with Crippen molar-refractivity contribution in [2.75, 3.05) is 13.1 Å². The largest absolute Gasteiger partial charge is 0.359 e. The monoisotopic (exact) mass is 213 g/mol. The highest BCUT2D eigenvalue weighted by molar-refractivity contribution is 5.89. The average molecular weight is 213 g/mol. The smallest absolute Gasteiger partial charge is 0.0957 e. The van der Waals surface area contributed by atoms with Crippen molar-refractivity contribution < 1.29 is 0 Å². The zero-order valence-corrected chi connectivity index (χ0v) is 9.38. The first-order valence-electron chi connectivity index (χ1n) is 5.69. The summed E-state index contributed by atoms with van der Waals surface area (Å²) in [5.41, 5.74) is 5.97. The zero-order valence-electron chi connectivity index (χ0n) is 9.38. The van der Waals surface area contributed by atoms with Gasteiger partial charge in [-0.25, -0.2) is 0 Å². The molecule has 0 atom stereocenters. The molecule has 3 heteroatoms. The van der Waals surface area contributed by atoms with Crippen LogP contribution in [0.5, 0.6) is 0 Å². The predicted octanol–water partition coefficient (Wildman–Crippen LogP) is 2.25. The Labute approximate surface area is 94.6 Å². The summed E-state index contributed by atoms with van der Waals surface area (Å²) in [6.07, 6.45) is 5.42. The molecule has 0 bridgehead atoms. The molecule has 3 heterocycles. The van der Waals surface area contributed by atoms with E-state index in [0.29, 0.717) is 0 Å². The number of aromatic nitrogens is 2. The molecule has 0 spiro atoms. The molecule has 0 amide bonds. The zero-order chi connectivity index (χ0) is 11.0. The molecule has 0 aliphatic carbocycles. The molecule has 1 aliphatic rings. The molecule has 1 aliphatic heterocycles. The number of fused-ring (bicyclic) bond motifs is 1. The van der Waals surface area contributed by atoms with E-state index in [2.05, 4.69) is 33.6 Å². The van der Waals surface area contributed by atoms with Gasteiger partial charge in [-0.1, -0.05) is 6.08 Å². The summed E-state index contributed by atoms with van der Waals surface area (Å²) in [6, 6.07) is 4.14. The van der Waals surface area contributed by atoms with Gasteiger partial charge in [0.1, 0.15) is 0 Å². The third kappa shape index (κ3) is 1.53. The van der Waals surface area contributed by atoms with Gasteiger partial charge in [0.15, 0.2) is 0 Å². The van der Waals surface area contributed by atoms with Crippen molar-refractivity contribution in [2.24, 2.45) is 0 Å². The van der Waals surface area contributed by atoms with Crippen molar-refractivity contribution in [3.63, 3.8) is 0 Å². The third-order valence-corrected chi connectivity index (χ3v) is 3.07. The molecular weight excluding hydrogens is 198 g/mol. The molecule has 82 valence electrons. The summed E-state index contributed by atoms with van der Waals surface area (Å²) in [6.45, 7) is 4.06. The fourth-order valence-corrected chi connectivity index (χ4v) is 2.21. The highest BCUT2D eigenvalue weighted by Gasteiger charge is 2.11. The quantitative estimate of drug-likeness (QED) is 0.762. The van der Waals surface area contributed by atoms with Gasteiger partial charge in [0.05, 0.1) is 11.0 Å². The molecule has 3 rings (SSSR count). The minimum atomic E-state index is 0.966. The summed E-state index contributed by atoms with van der Waals surface area (Å²) >= 11 is 0. The molecule has 2 aromatic heterocycles. The SMILES string of the molecule is Cc1ccc2[nH]cc(C3=CCNCC3)c2n1. The summed E-state index contributed by atoms with van der Waals surface area (Å²) in [4.78, 5) is 7.91. The highest BCUT2D eigenvalue weighted by Crippen LogP contribution is 2.26. The first-order valence-corrected chi connectivity index (χ1v) is 5.69. The van der Waals surface area contributed by atoms with Crippen LogP contribution in [0.25, 0.3) is 16.6 Å². The van der Waals surface area contributed by atoms with Gasteiger partial charge in [-0.05, 0) is 37.6 Å². The summed E-state index contributed by atoms with van der Waals surface area (Å²) < 4.78 is 0. The molecule has 0 aromatic carbocycles. The molecule has 2 N–H and O–H groups in total. The second-order valence-corrected chi connectivity index (χ2v) is 4.23. The van der Waals surface area contributed by atoms with Crippen LogP contribution in [0.15, 0.2) is 24.4 Å². The van der Waals surface area contributed by atoms with E-state index < -0.39 is 0 Å². The molecule has 0 saturated heterocycles. The number of pyridine rings is 1. The van der Waals surface area contributed by atoms with Crippen molar-refractivity contribution in [1.29, 1.82) is 0 Å². The van der Waals surface area contributed by atoms with Crippen LogP contribution in [0.2, 0.25) is 0 Å². The maximum absolute atomic E-state index is 4.62. The lowest BCUT2D eigenvalue weighted by molar-refractivity contribution is 0.739. The molecule has 0 unspecified atom stereocenters. The van der Waals surface area contributed by atoms with Gasteiger partial charge in [-0.15, -0.1) is 0 Å². The van der Waals surface area contributed by atoms with E-state index in [1.54, 1.807) is 0 Å². The predicted molar refractivity (Wildman–Crippen MR) is 66.3 cm³/mol. The van der Waals surface area contributed by atoms with Gasteiger partial charge in [0, 0.05) is 24.0 Å². The molecule has 3 nitrogen and oxygen atoms in total. The molecule has 16 heavy (non-hydrogen) atoms. The van der Waals surface area contributed by atoms with Crippen LogP contribution in [0.4, 0.5) is 0 Å². The first kappa shape index (κ1) is 9.60. The summed E-state index contributed by atoms with van der Waals surface area (Å²) in [7, 11) is 0. The Morgan fingerprint density at radius 1 is 1.31 bits per heavy atom. The standard InChI is InChI=1S/C13H15N3/c1-9-2-3-12-13(16-9)11(8-15-12)10-4-6-14-7-5-10/h2-4,8,14-15H,5-7H2,1H3. The van der Waals surface area contributed by atoms with Crippen LogP contribution in [0, 0.1) is 6.92 Å². The number of hydrogen-bond donors (Lipinski definition) is 2. The Morgan fingerprint density at radius 3 is 3.06 bits per heavy atom. The highest BCUT2D eigenvalue weighted by atomic mass is 14.9. The van der Waals surface area contributed by atoms with Gasteiger partial charge < -0.3 is 10.3 Å². The molecule has 0 radical (unpaired) electrons. The summed E-state index contributed by atoms with van der Waals surface area (Å²) in [5, 5.41) is 3.33. The van der Waals surface area contributed by atoms with Crippen LogP contribution in [-0.2, 0) is 0 Å². The number of nitrogens with one attached hydrogen (secondary N) is 2. The van der Waals surface area contributed by atoms with Gasteiger partial charge >= 0.3 is 0 Å². The maximum atomic E-state index is 4.62. The van der Waals surface area contributed by atoms with Crippen LogP contribution in [-0.4, -0.2) is 23.1 Å². The number of rotatable bonds is 1. The first-order chi connectivity index (χ1) is 7.84. The van der Waals surface area contributed by atoms with Crippen molar-refractivity contribution in [3.8, 4) is 0 Å². The normalized spacial score (nSPS) is 16.4. The Morgan fingerprint density at radius 2 is 2.25 bits per heavy atom. The topological polar surface area (TPSA) is 40.7 Å². The van der Waals surface area contributed by atoms with Crippen molar-refractivity contribution in [2.45, 2.75) is 13.3 Å². The Bertz CT molecular complexity index is 551. The third-order valence-electron chi connectivity index (χ3n) is 3.07. The molecule has 2 aromatic rings. The lowest BCUT2D eigenvalue weighted by Gasteiger charge is -2.12. The van der Waals surface area contributed by atoms with Crippen LogP contribution in [0.3, 0.4) is 0 Å². The van der Waals surface area contributed by atoms with E-state index in [1.165, 1.54) is 11.1 Å². The number of aryl methyl sites for hydroxylation is 1. The molecule has 0 saturated carbocycles. The van der Waals surface area contributed by atoms with Gasteiger partial charge in [0.25, 0.3) is 0 Å². The van der Waals surface area contributed by atoms with Crippen LogP contribution < -0.4 is 5.32 Å². The summed E-state index contributed by atoms with van der Waals surface area (Å²) in [5.74, 6) is 0. The van der Waals surface area contributed by atoms with E-state index in [-0.39, 0.29) is 0 Å². The van der Waals surface area contributed by atoms with E-state index in [1.807, 2.05) is 13.0 Å². The van der Waals surface area contributed by atoms with E-state index in [4.69, 9.17) is 0 Å². The Balaban J connectivity index is 2.16. The molecule has 0 fully saturated rings. The van der Waals surface area contributed by atoms with E-state index >= 15 is 0 Å². The Kier molecular flexibility index (Phi) is 2.26. The fraction of sp³-hybridized carbons (Fsp3) is 0.308. The minimum absolute atomic E-state index is 0.966. The van der Waals surface area contributed by atoms with Gasteiger partial charge in [0.2, 0.25) is 0 Å².